The van der Waals surface area contributed by atoms with Gasteiger partial charge in [-0.05, 0) is 6.92 Å². The van der Waals surface area contributed by atoms with E-state index in [2.05, 4.69) is 6.58 Å². The minimum atomic E-state index is -2.23. The molecule has 0 aliphatic carbocycles. The molecular weight excluding hydrogens is 156 g/mol. The second-order valence-corrected chi connectivity index (χ2v) is 2.29. The number of hydrogen-bond acceptors (Lipinski definition) is 2. The van der Waals surface area contributed by atoms with Gasteiger partial charge in [0.1, 0.15) is 0 Å². The van der Waals surface area contributed by atoms with Crippen LogP contribution >= 0.6 is 0 Å². The Morgan fingerprint density at radius 1 is 1.70 bits per heavy atom. The van der Waals surface area contributed by atoms with E-state index in [0.29, 0.717) is 0 Å². The van der Waals surface area contributed by atoms with Crippen LogP contribution in [0.3, 0.4) is 0 Å². The fourth-order valence-electron chi connectivity index (χ4n) is 0.197. The Bertz CT molecular complexity index is 179. The van der Waals surface area contributed by atoms with Gasteiger partial charge in [-0.25, -0.2) is 4.21 Å². The Hall–Kier alpha value is -0.720. The highest BCUT2D eigenvalue weighted by Gasteiger charge is 1.99. The average Bonchev–Trinajstić information content (AvgIpc) is 1.82. The summed E-state index contributed by atoms with van der Waals surface area (Å²) in [5.41, 5.74) is 2.20. The van der Waals surface area contributed by atoms with Gasteiger partial charge in [0, 0.05) is 5.57 Å². The molecule has 0 saturated carbocycles. The molecule has 0 spiro atoms. The van der Waals surface area contributed by atoms with Gasteiger partial charge in [-0.2, -0.15) is 0 Å². The van der Waals surface area contributed by atoms with Gasteiger partial charge in [-0.1, -0.05) is 6.58 Å². The van der Waals surface area contributed by atoms with Crippen LogP contribution in [-0.4, -0.2) is 14.7 Å². The maximum Gasteiger partial charge on any atom is 0.261 e. The highest BCUT2D eigenvalue weighted by molar-refractivity contribution is 7.77. The van der Waals surface area contributed by atoms with Crippen molar-refractivity contribution in [3.63, 3.8) is 0 Å². The van der Waals surface area contributed by atoms with Crippen molar-refractivity contribution < 1.29 is 13.6 Å². The minimum absolute atomic E-state index is 0.262. The van der Waals surface area contributed by atoms with Crippen LogP contribution in [0.5, 0.6) is 0 Å². The molecule has 3 N–H and O–H groups in total. The maximum atomic E-state index is 10.5. The van der Waals surface area contributed by atoms with Crippen molar-refractivity contribution in [2.45, 2.75) is 6.92 Å². The van der Waals surface area contributed by atoms with Crippen LogP contribution in [0, 0.1) is 0 Å². The minimum Gasteiger partial charge on any atom is -0.293 e. The average molecular weight is 164 g/mol. The summed E-state index contributed by atoms with van der Waals surface area (Å²) in [7, 11) is 0. The first-order valence-corrected chi connectivity index (χ1v) is 3.47. The van der Waals surface area contributed by atoms with Crippen molar-refractivity contribution in [1.82, 2.24) is 10.3 Å². The summed E-state index contributed by atoms with van der Waals surface area (Å²) in [6.45, 7) is 4.78. The lowest BCUT2D eigenvalue weighted by molar-refractivity contribution is -0.117. The number of rotatable bonds is 3. The Kier molecular flexibility index (Phi) is 3.85. The molecule has 0 aromatic rings. The fraction of sp³-hybridized carbons (Fsp3) is 0.250. The molecule has 0 aromatic carbocycles. The quantitative estimate of drug-likeness (QED) is 0.294. The van der Waals surface area contributed by atoms with Gasteiger partial charge in [0.2, 0.25) is 0 Å². The van der Waals surface area contributed by atoms with Gasteiger partial charge in [0.25, 0.3) is 17.2 Å². The first kappa shape index (κ1) is 9.28. The summed E-state index contributed by atoms with van der Waals surface area (Å²) >= 11 is -2.23. The predicted molar refractivity (Wildman–Crippen MR) is 36.9 cm³/mol. The van der Waals surface area contributed by atoms with Crippen molar-refractivity contribution in [3.8, 4) is 0 Å². The lowest BCUT2D eigenvalue weighted by Gasteiger charge is -2.00. The first-order chi connectivity index (χ1) is 4.54. The van der Waals surface area contributed by atoms with Crippen LogP contribution in [0.1, 0.15) is 6.92 Å². The summed E-state index contributed by atoms with van der Waals surface area (Å²) in [6, 6.07) is 0. The number of carbonyl (C=O) groups is 1. The van der Waals surface area contributed by atoms with Gasteiger partial charge in [-0.3, -0.25) is 14.8 Å². The third-order valence-electron chi connectivity index (χ3n) is 0.639. The van der Waals surface area contributed by atoms with E-state index in [1.807, 2.05) is 5.43 Å². The van der Waals surface area contributed by atoms with Crippen LogP contribution in [0.2, 0.25) is 0 Å². The topological polar surface area (TPSA) is 78.4 Å². The zero-order valence-corrected chi connectivity index (χ0v) is 6.20. The maximum absolute atomic E-state index is 10.5. The summed E-state index contributed by atoms with van der Waals surface area (Å²) < 4.78 is 18.0. The molecular formula is C4H8N2O3S. The van der Waals surface area contributed by atoms with Gasteiger partial charge in [0.15, 0.2) is 0 Å². The van der Waals surface area contributed by atoms with Crippen LogP contribution < -0.4 is 10.3 Å². The third-order valence-corrected chi connectivity index (χ3v) is 0.916. The van der Waals surface area contributed by atoms with E-state index in [4.69, 9.17) is 4.55 Å². The van der Waals surface area contributed by atoms with Gasteiger partial charge in [-0.15, -0.1) is 4.83 Å². The zero-order valence-electron chi connectivity index (χ0n) is 5.38. The largest absolute Gasteiger partial charge is 0.293 e. The molecule has 0 aliphatic heterocycles. The number of nitrogens with one attached hydrogen (secondary N) is 2. The molecule has 0 saturated heterocycles. The molecule has 0 aromatic heterocycles. The number of hydrogen-bond donors (Lipinski definition) is 3. The molecule has 0 aliphatic rings. The molecule has 1 unspecified atom stereocenters. The Labute approximate surface area is 60.9 Å². The van der Waals surface area contributed by atoms with Crippen LogP contribution in [0.15, 0.2) is 12.2 Å². The molecule has 0 rings (SSSR count). The molecule has 1 atom stereocenters. The highest BCUT2D eigenvalue weighted by Crippen LogP contribution is 1.82. The van der Waals surface area contributed by atoms with Gasteiger partial charge < -0.3 is 0 Å². The number of hydrazine groups is 1. The normalized spacial score (nSPS) is 12.2. The van der Waals surface area contributed by atoms with Crippen molar-refractivity contribution in [3.05, 3.63) is 12.2 Å². The SMILES string of the molecule is C=C(C)C(=O)NNS(=O)O. The second kappa shape index (κ2) is 4.15. The van der Waals surface area contributed by atoms with E-state index in [1.165, 1.54) is 6.92 Å². The summed E-state index contributed by atoms with van der Waals surface area (Å²) in [6.07, 6.45) is 0. The molecule has 10 heavy (non-hydrogen) atoms. The summed E-state index contributed by atoms with van der Waals surface area (Å²) in [5, 5.41) is 0. The van der Waals surface area contributed by atoms with Crippen molar-refractivity contribution in [2.75, 3.05) is 0 Å². The molecule has 0 radical (unpaired) electrons. The molecule has 5 nitrogen and oxygen atoms in total. The van der Waals surface area contributed by atoms with E-state index in [-0.39, 0.29) is 5.57 Å². The van der Waals surface area contributed by atoms with Crippen molar-refractivity contribution >= 4 is 17.2 Å². The van der Waals surface area contributed by atoms with E-state index in [1.54, 1.807) is 4.83 Å². The van der Waals surface area contributed by atoms with Gasteiger partial charge in [0.05, 0.1) is 0 Å². The van der Waals surface area contributed by atoms with Crippen LogP contribution in [-0.2, 0) is 16.1 Å². The molecule has 1 amide bonds. The summed E-state index contributed by atoms with van der Waals surface area (Å²) in [5.74, 6) is -0.512. The summed E-state index contributed by atoms with van der Waals surface area (Å²) in [4.78, 5) is 12.3. The monoisotopic (exact) mass is 164 g/mol. The van der Waals surface area contributed by atoms with Crippen molar-refractivity contribution in [2.24, 2.45) is 0 Å². The fourth-order valence-corrected chi connectivity index (χ4v) is 0.377. The zero-order chi connectivity index (χ0) is 8.15. The molecule has 58 valence electrons. The van der Waals surface area contributed by atoms with Crippen LogP contribution in [0.25, 0.3) is 0 Å². The Morgan fingerprint density at radius 2 is 2.20 bits per heavy atom. The molecule has 6 heteroatoms. The van der Waals surface area contributed by atoms with Crippen molar-refractivity contribution in [1.29, 1.82) is 0 Å². The Morgan fingerprint density at radius 3 is 2.50 bits per heavy atom. The van der Waals surface area contributed by atoms with E-state index in [9.17, 15) is 9.00 Å². The smallest absolute Gasteiger partial charge is 0.261 e. The Balaban J connectivity index is 3.60. The second-order valence-electron chi connectivity index (χ2n) is 1.59. The highest BCUT2D eigenvalue weighted by atomic mass is 32.2. The lowest BCUT2D eigenvalue weighted by Crippen LogP contribution is -2.38. The number of carbonyl (C=O) groups excluding carboxylic acids is 1. The predicted octanol–water partition coefficient (Wildman–Crippen LogP) is -0.680. The lowest BCUT2D eigenvalue weighted by atomic mass is 10.3. The molecule has 0 bridgehead atoms. The first-order valence-electron chi connectivity index (χ1n) is 2.36. The van der Waals surface area contributed by atoms with E-state index >= 15 is 0 Å². The number of amides is 1. The molecule has 0 heterocycles. The van der Waals surface area contributed by atoms with Crippen LogP contribution in [0.4, 0.5) is 0 Å². The van der Waals surface area contributed by atoms with E-state index in [0.717, 1.165) is 0 Å². The molecule has 0 fully saturated rings. The van der Waals surface area contributed by atoms with E-state index < -0.39 is 17.2 Å². The third kappa shape index (κ3) is 4.19. The standard InChI is InChI=1S/C4H8N2O3S/c1-3(2)4(7)5-6-10(8)9/h6H,1H2,2H3,(H,5,7)(H,8,9). The van der Waals surface area contributed by atoms with Gasteiger partial charge >= 0.3 is 0 Å².